The van der Waals surface area contributed by atoms with Crippen molar-refractivity contribution in [2.75, 3.05) is 13.1 Å². The number of alkyl halides is 2. The fraction of sp³-hybridized carbons (Fsp3) is 0.636. The van der Waals surface area contributed by atoms with E-state index < -0.39 is 24.4 Å². The second-order valence-corrected chi connectivity index (χ2v) is 4.42. The Morgan fingerprint density at radius 1 is 1.67 bits per heavy atom. The molecule has 1 aliphatic heterocycles. The highest BCUT2D eigenvalue weighted by molar-refractivity contribution is 5.79. The summed E-state index contributed by atoms with van der Waals surface area (Å²) in [5, 5.41) is 7.06. The van der Waals surface area contributed by atoms with Crippen molar-refractivity contribution >= 4 is 5.97 Å². The summed E-state index contributed by atoms with van der Waals surface area (Å²) in [6.07, 6.45) is 2.36. The molecule has 0 spiro atoms. The fourth-order valence-corrected chi connectivity index (χ4v) is 1.81. The van der Waals surface area contributed by atoms with E-state index in [1.54, 1.807) is 10.9 Å². The van der Waals surface area contributed by atoms with E-state index in [2.05, 4.69) is 15.2 Å². The number of carbonyl (C=O) groups excluding carboxylic acids is 1. The van der Waals surface area contributed by atoms with Crippen molar-refractivity contribution in [2.24, 2.45) is 0 Å². The minimum atomic E-state index is -3.33. The van der Waals surface area contributed by atoms with Crippen LogP contribution in [-0.4, -0.2) is 40.9 Å². The number of rotatable bonds is 5. The number of nitrogens with one attached hydrogen (secondary N) is 1. The molecule has 100 valence electrons. The van der Waals surface area contributed by atoms with Gasteiger partial charge in [0.05, 0.1) is 19.2 Å². The Morgan fingerprint density at radius 3 is 3.00 bits per heavy atom. The van der Waals surface area contributed by atoms with Gasteiger partial charge in [0.25, 0.3) is 0 Å². The predicted octanol–water partition coefficient (Wildman–Crippen LogP) is 0.732. The number of ether oxygens (including phenoxy) is 1. The van der Waals surface area contributed by atoms with Crippen LogP contribution in [-0.2, 0) is 16.1 Å². The lowest BCUT2D eigenvalue weighted by Crippen LogP contribution is -2.29. The normalized spacial score (nSPS) is 22.2. The lowest BCUT2D eigenvalue weighted by Gasteiger charge is -2.09. The van der Waals surface area contributed by atoms with Crippen molar-refractivity contribution in [3.8, 4) is 0 Å². The average Bonchev–Trinajstić information content (AvgIpc) is 2.79. The summed E-state index contributed by atoms with van der Waals surface area (Å²) in [7, 11) is 0. The van der Waals surface area contributed by atoms with E-state index in [4.69, 9.17) is 0 Å². The van der Waals surface area contributed by atoms with Gasteiger partial charge in [-0.2, -0.15) is 13.9 Å². The summed E-state index contributed by atoms with van der Waals surface area (Å²) >= 11 is 0. The van der Waals surface area contributed by atoms with Crippen molar-refractivity contribution in [3.63, 3.8) is 0 Å². The van der Waals surface area contributed by atoms with Gasteiger partial charge in [0.15, 0.2) is 0 Å². The highest BCUT2D eigenvalue weighted by Crippen LogP contribution is 2.30. The Labute approximate surface area is 103 Å². The molecule has 2 rings (SSSR count). The highest BCUT2D eigenvalue weighted by Gasteiger charge is 2.50. The van der Waals surface area contributed by atoms with Crippen LogP contribution >= 0.6 is 0 Å². The van der Waals surface area contributed by atoms with Gasteiger partial charge >= 0.3 is 11.9 Å². The molecular formula is C11H15F2N3O2. The van der Waals surface area contributed by atoms with E-state index >= 15 is 0 Å². The molecular weight excluding hydrogens is 244 g/mol. The van der Waals surface area contributed by atoms with Crippen molar-refractivity contribution in [3.05, 3.63) is 18.0 Å². The molecule has 2 heterocycles. The summed E-state index contributed by atoms with van der Waals surface area (Å²) < 4.78 is 32.0. The summed E-state index contributed by atoms with van der Waals surface area (Å²) in [5.74, 6) is -4.75. The van der Waals surface area contributed by atoms with E-state index in [1.807, 2.05) is 13.1 Å². The minimum Gasteiger partial charge on any atom is -0.456 e. The lowest BCUT2D eigenvalue weighted by atomic mass is 10.2. The standard InChI is InChI=1S/C11H15F2N3O2/c1-8-5-15-16(7-8)3-2-14-6-9-4-11(12,13)10(17)18-9/h5,7,9,14H,2-4,6H2,1H3. The van der Waals surface area contributed by atoms with E-state index in [0.29, 0.717) is 13.1 Å². The maximum Gasteiger partial charge on any atom is 0.377 e. The predicted molar refractivity (Wildman–Crippen MR) is 59.3 cm³/mol. The van der Waals surface area contributed by atoms with Gasteiger partial charge < -0.3 is 10.1 Å². The first-order valence-corrected chi connectivity index (χ1v) is 5.76. The number of nitrogens with zero attached hydrogens (tertiary/aromatic N) is 2. The van der Waals surface area contributed by atoms with Crippen LogP contribution < -0.4 is 5.32 Å². The number of aromatic nitrogens is 2. The Kier molecular flexibility index (Phi) is 3.60. The van der Waals surface area contributed by atoms with Crippen LogP contribution in [0.5, 0.6) is 0 Å². The molecule has 1 fully saturated rings. The first-order valence-electron chi connectivity index (χ1n) is 5.76. The molecule has 0 radical (unpaired) electrons. The zero-order valence-corrected chi connectivity index (χ0v) is 10.0. The maximum atomic E-state index is 12.8. The number of carbonyl (C=O) groups is 1. The molecule has 0 saturated carbocycles. The zero-order chi connectivity index (χ0) is 13.2. The fourth-order valence-electron chi connectivity index (χ4n) is 1.81. The topological polar surface area (TPSA) is 56.2 Å². The van der Waals surface area contributed by atoms with Gasteiger partial charge in [-0.15, -0.1) is 0 Å². The van der Waals surface area contributed by atoms with Gasteiger partial charge in [0.2, 0.25) is 0 Å². The van der Waals surface area contributed by atoms with E-state index in [1.165, 1.54) is 0 Å². The number of aryl methyl sites for hydroxylation is 1. The van der Waals surface area contributed by atoms with Crippen LogP contribution in [0.2, 0.25) is 0 Å². The van der Waals surface area contributed by atoms with Gasteiger partial charge in [-0.1, -0.05) is 0 Å². The summed E-state index contributed by atoms with van der Waals surface area (Å²) in [6, 6.07) is 0. The lowest BCUT2D eigenvalue weighted by molar-refractivity contribution is -0.159. The van der Waals surface area contributed by atoms with Crippen LogP contribution in [0.4, 0.5) is 8.78 Å². The van der Waals surface area contributed by atoms with E-state index in [0.717, 1.165) is 5.56 Å². The third kappa shape index (κ3) is 3.04. The molecule has 5 nitrogen and oxygen atoms in total. The number of hydrogen-bond donors (Lipinski definition) is 1. The van der Waals surface area contributed by atoms with Crippen molar-refractivity contribution in [1.29, 1.82) is 0 Å². The first kappa shape index (κ1) is 12.9. The molecule has 1 aromatic rings. The second kappa shape index (κ2) is 5.01. The zero-order valence-electron chi connectivity index (χ0n) is 10.0. The van der Waals surface area contributed by atoms with Gasteiger partial charge in [0.1, 0.15) is 6.10 Å². The molecule has 1 aliphatic rings. The molecule has 1 N–H and O–H groups in total. The average molecular weight is 259 g/mol. The Hall–Kier alpha value is -1.50. The number of cyclic esters (lactones) is 1. The smallest absolute Gasteiger partial charge is 0.377 e. The van der Waals surface area contributed by atoms with Crippen LogP contribution in [0.1, 0.15) is 12.0 Å². The Balaban J connectivity index is 1.66. The molecule has 18 heavy (non-hydrogen) atoms. The number of halogens is 2. The molecule has 7 heteroatoms. The molecule has 0 aliphatic carbocycles. The Morgan fingerprint density at radius 2 is 2.44 bits per heavy atom. The van der Waals surface area contributed by atoms with Crippen molar-refractivity contribution in [1.82, 2.24) is 15.1 Å². The SMILES string of the molecule is Cc1cnn(CCNCC2CC(F)(F)C(=O)O2)c1. The minimum absolute atomic E-state index is 0.238. The van der Waals surface area contributed by atoms with Crippen LogP contribution in [0.15, 0.2) is 12.4 Å². The van der Waals surface area contributed by atoms with Crippen LogP contribution in [0.25, 0.3) is 0 Å². The molecule has 1 aromatic heterocycles. The van der Waals surface area contributed by atoms with Gasteiger partial charge in [-0.3, -0.25) is 4.68 Å². The first-order chi connectivity index (χ1) is 8.47. The number of hydrogen-bond acceptors (Lipinski definition) is 4. The summed E-state index contributed by atoms with van der Waals surface area (Å²) in [6.45, 7) is 3.41. The molecule has 0 bridgehead atoms. The van der Waals surface area contributed by atoms with Gasteiger partial charge in [-0.05, 0) is 12.5 Å². The monoisotopic (exact) mass is 259 g/mol. The molecule has 1 unspecified atom stereocenters. The van der Waals surface area contributed by atoms with Crippen LogP contribution in [0.3, 0.4) is 0 Å². The van der Waals surface area contributed by atoms with E-state index in [9.17, 15) is 13.6 Å². The van der Waals surface area contributed by atoms with Crippen molar-refractivity contribution < 1.29 is 18.3 Å². The maximum absolute atomic E-state index is 12.8. The largest absolute Gasteiger partial charge is 0.456 e. The molecule has 0 amide bonds. The number of esters is 1. The second-order valence-electron chi connectivity index (χ2n) is 4.42. The van der Waals surface area contributed by atoms with Crippen LogP contribution in [0, 0.1) is 6.92 Å². The molecule has 0 aromatic carbocycles. The quantitative estimate of drug-likeness (QED) is 0.625. The third-order valence-corrected chi connectivity index (χ3v) is 2.71. The molecule has 1 saturated heterocycles. The highest BCUT2D eigenvalue weighted by atomic mass is 19.3. The summed E-state index contributed by atoms with van der Waals surface area (Å²) in [4.78, 5) is 10.7. The van der Waals surface area contributed by atoms with Crippen molar-refractivity contribution in [2.45, 2.75) is 31.9 Å². The third-order valence-electron chi connectivity index (χ3n) is 2.71. The van der Waals surface area contributed by atoms with Gasteiger partial charge in [-0.25, -0.2) is 4.79 Å². The molecule has 1 atom stereocenters. The van der Waals surface area contributed by atoms with Gasteiger partial charge in [0, 0.05) is 19.3 Å². The Bertz CT molecular complexity index is 434. The summed E-state index contributed by atoms with van der Waals surface area (Å²) in [5.41, 5.74) is 1.07. The van der Waals surface area contributed by atoms with E-state index in [-0.39, 0.29) is 6.54 Å².